The van der Waals surface area contributed by atoms with Crippen molar-refractivity contribution < 1.29 is 19.1 Å². The lowest BCUT2D eigenvalue weighted by atomic mass is 9.98. The first kappa shape index (κ1) is 23.8. The Morgan fingerprint density at radius 1 is 1.06 bits per heavy atom. The molecule has 0 amide bonds. The molecule has 4 aromatic rings. The number of aromatic hydroxyl groups is 1. The second kappa shape index (κ2) is 10.3. The molecule has 1 heterocycles. The van der Waals surface area contributed by atoms with Crippen molar-refractivity contribution in [2.75, 3.05) is 0 Å². The number of benzene rings is 3. The highest BCUT2D eigenvalue weighted by molar-refractivity contribution is 14.1. The molecule has 0 saturated heterocycles. The highest BCUT2D eigenvalue weighted by Gasteiger charge is 2.23. The highest BCUT2D eigenvalue weighted by atomic mass is 127. The third kappa shape index (κ3) is 5.27. The molecule has 1 N–H and O–H groups in total. The molecular formula is C27H22I2O4. The van der Waals surface area contributed by atoms with E-state index >= 15 is 0 Å². The van der Waals surface area contributed by atoms with Gasteiger partial charge in [0.15, 0.2) is 5.78 Å². The zero-order valence-corrected chi connectivity index (χ0v) is 22.3. The Morgan fingerprint density at radius 2 is 1.76 bits per heavy atom. The van der Waals surface area contributed by atoms with Crippen LogP contribution in [0.4, 0.5) is 0 Å². The fourth-order valence-corrected chi connectivity index (χ4v) is 5.48. The smallest absolute Gasteiger partial charge is 0.197 e. The number of carbonyl (C=O) groups is 1. The molecule has 0 spiro atoms. The van der Waals surface area contributed by atoms with Gasteiger partial charge in [-0.1, -0.05) is 43.8 Å². The van der Waals surface area contributed by atoms with Crippen molar-refractivity contribution in [3.05, 3.63) is 103 Å². The summed E-state index contributed by atoms with van der Waals surface area (Å²) in [6, 6.07) is 19.0. The molecule has 1 aromatic heterocycles. The summed E-state index contributed by atoms with van der Waals surface area (Å²) in [5, 5.41) is 10.8. The van der Waals surface area contributed by atoms with E-state index in [0.717, 1.165) is 17.4 Å². The molecule has 33 heavy (non-hydrogen) atoms. The molecule has 0 fully saturated rings. The number of aryl methyl sites for hydroxylation is 1. The fourth-order valence-electron chi connectivity index (χ4n) is 3.71. The SMILES string of the molecule is C=C(Cc1ccccc1)Oc1ccc2c(C(=O)c3cc(I)c(O)c(I)c3)c(CCC)oc2c1. The van der Waals surface area contributed by atoms with E-state index in [2.05, 4.69) is 13.5 Å². The van der Waals surface area contributed by atoms with Gasteiger partial charge in [0, 0.05) is 29.9 Å². The lowest BCUT2D eigenvalue weighted by Crippen LogP contribution is -2.05. The number of allylic oxidation sites excluding steroid dienone is 1. The second-order valence-corrected chi connectivity index (χ2v) is 10.1. The van der Waals surface area contributed by atoms with Gasteiger partial charge in [0.25, 0.3) is 0 Å². The number of hydrogen-bond donors (Lipinski definition) is 1. The van der Waals surface area contributed by atoms with Gasteiger partial charge in [0.2, 0.25) is 0 Å². The number of carbonyl (C=O) groups excluding carboxylic acids is 1. The summed E-state index contributed by atoms with van der Waals surface area (Å²) in [4.78, 5) is 13.5. The Balaban J connectivity index is 1.67. The lowest BCUT2D eigenvalue weighted by molar-refractivity contribution is 0.103. The molecule has 0 aliphatic heterocycles. The van der Waals surface area contributed by atoms with E-state index in [1.54, 1.807) is 12.1 Å². The Labute approximate surface area is 219 Å². The van der Waals surface area contributed by atoms with Crippen molar-refractivity contribution in [3.63, 3.8) is 0 Å². The van der Waals surface area contributed by atoms with Gasteiger partial charge in [-0.05, 0) is 81.4 Å². The maximum Gasteiger partial charge on any atom is 0.197 e. The quantitative estimate of drug-likeness (QED) is 0.119. The first-order valence-electron chi connectivity index (χ1n) is 10.5. The lowest BCUT2D eigenvalue weighted by Gasteiger charge is -2.09. The van der Waals surface area contributed by atoms with Crippen molar-refractivity contribution in [1.82, 2.24) is 0 Å². The van der Waals surface area contributed by atoms with Crippen molar-refractivity contribution in [2.24, 2.45) is 0 Å². The number of hydrogen-bond acceptors (Lipinski definition) is 4. The molecular weight excluding hydrogens is 642 g/mol. The van der Waals surface area contributed by atoms with Crippen LogP contribution in [0.1, 0.15) is 40.6 Å². The van der Waals surface area contributed by atoms with Crippen LogP contribution < -0.4 is 4.74 Å². The van der Waals surface area contributed by atoms with E-state index in [0.29, 0.717) is 54.0 Å². The Kier molecular flexibility index (Phi) is 7.43. The third-order valence-corrected chi connectivity index (χ3v) is 6.87. The van der Waals surface area contributed by atoms with Gasteiger partial charge in [-0.2, -0.15) is 0 Å². The molecule has 4 rings (SSSR count). The van der Waals surface area contributed by atoms with Crippen LogP contribution in [0.2, 0.25) is 0 Å². The van der Waals surface area contributed by atoms with Crippen LogP contribution in [0.25, 0.3) is 11.0 Å². The van der Waals surface area contributed by atoms with Crippen LogP contribution in [-0.4, -0.2) is 10.9 Å². The van der Waals surface area contributed by atoms with E-state index < -0.39 is 0 Å². The van der Waals surface area contributed by atoms with E-state index in [4.69, 9.17) is 9.15 Å². The van der Waals surface area contributed by atoms with Crippen LogP contribution in [0.5, 0.6) is 11.5 Å². The molecule has 0 aliphatic carbocycles. The molecule has 0 saturated carbocycles. The number of ketones is 1. The largest absolute Gasteiger partial charge is 0.506 e. The first-order valence-corrected chi connectivity index (χ1v) is 12.7. The highest BCUT2D eigenvalue weighted by Crippen LogP contribution is 2.34. The average molecular weight is 664 g/mol. The number of rotatable bonds is 8. The number of ether oxygens (including phenoxy) is 1. The Morgan fingerprint density at radius 3 is 2.42 bits per heavy atom. The third-order valence-electron chi connectivity index (χ3n) is 5.22. The number of halogens is 2. The van der Waals surface area contributed by atoms with Gasteiger partial charge in [-0.15, -0.1) is 0 Å². The predicted molar refractivity (Wildman–Crippen MR) is 147 cm³/mol. The molecule has 0 atom stereocenters. The maximum atomic E-state index is 13.5. The zero-order valence-electron chi connectivity index (χ0n) is 18.0. The summed E-state index contributed by atoms with van der Waals surface area (Å²) in [5.41, 5.74) is 2.82. The Hall–Kier alpha value is -2.33. The van der Waals surface area contributed by atoms with Crippen LogP contribution in [0.3, 0.4) is 0 Å². The van der Waals surface area contributed by atoms with Crippen molar-refractivity contribution in [2.45, 2.75) is 26.2 Å². The van der Waals surface area contributed by atoms with Gasteiger partial charge in [0.05, 0.1) is 12.7 Å². The second-order valence-electron chi connectivity index (χ2n) is 7.73. The first-order chi connectivity index (χ1) is 15.9. The summed E-state index contributed by atoms with van der Waals surface area (Å²) >= 11 is 4.08. The minimum atomic E-state index is -0.116. The standard InChI is InChI=1S/C27H22I2O4/c1-3-7-23-25(26(30)18-13-21(28)27(31)22(29)14-18)20-11-10-19(15-24(20)33-23)32-16(2)12-17-8-5-4-6-9-17/h4-6,8-11,13-15,31H,2-3,7,12H2,1H3. The van der Waals surface area contributed by atoms with Crippen LogP contribution >= 0.6 is 45.2 Å². The molecule has 0 bridgehead atoms. The molecule has 6 heteroatoms. The minimum absolute atomic E-state index is 0.116. The molecule has 0 aliphatic rings. The summed E-state index contributed by atoms with van der Waals surface area (Å²) in [7, 11) is 0. The normalized spacial score (nSPS) is 11.0. The molecule has 0 radical (unpaired) electrons. The summed E-state index contributed by atoms with van der Waals surface area (Å²) < 4.78 is 13.4. The maximum absolute atomic E-state index is 13.5. The van der Waals surface area contributed by atoms with E-state index in [1.807, 2.05) is 93.7 Å². The number of phenolic OH excluding ortho intramolecular Hbond substituents is 1. The monoisotopic (exact) mass is 664 g/mol. The van der Waals surface area contributed by atoms with Crippen molar-refractivity contribution in [3.8, 4) is 11.5 Å². The van der Waals surface area contributed by atoms with Crippen LogP contribution in [0, 0.1) is 7.14 Å². The summed E-state index contributed by atoms with van der Waals surface area (Å²) in [6.07, 6.45) is 2.11. The Bertz CT molecular complexity index is 1320. The fraction of sp³-hybridized carbons (Fsp3) is 0.148. The molecule has 4 nitrogen and oxygen atoms in total. The van der Waals surface area contributed by atoms with Gasteiger partial charge >= 0.3 is 0 Å². The molecule has 0 unspecified atom stereocenters. The van der Waals surface area contributed by atoms with Crippen LogP contribution in [-0.2, 0) is 12.8 Å². The molecule has 3 aromatic carbocycles. The average Bonchev–Trinajstić information content (AvgIpc) is 3.14. The number of phenols is 1. The summed E-state index contributed by atoms with van der Waals surface area (Å²) in [6.45, 7) is 6.09. The van der Waals surface area contributed by atoms with Gasteiger partial charge in [-0.3, -0.25) is 4.79 Å². The van der Waals surface area contributed by atoms with Crippen molar-refractivity contribution >= 4 is 61.9 Å². The topological polar surface area (TPSA) is 59.7 Å². The number of fused-ring (bicyclic) bond motifs is 1. The summed E-state index contributed by atoms with van der Waals surface area (Å²) in [5.74, 6) is 1.99. The van der Waals surface area contributed by atoms with Gasteiger partial charge < -0.3 is 14.3 Å². The van der Waals surface area contributed by atoms with Crippen molar-refractivity contribution in [1.29, 1.82) is 0 Å². The minimum Gasteiger partial charge on any atom is -0.506 e. The molecule has 168 valence electrons. The predicted octanol–water partition coefficient (Wildman–Crippen LogP) is 7.67. The van der Waals surface area contributed by atoms with E-state index in [1.165, 1.54) is 0 Å². The van der Waals surface area contributed by atoms with Gasteiger partial charge in [-0.25, -0.2) is 0 Å². The van der Waals surface area contributed by atoms with Gasteiger partial charge in [0.1, 0.15) is 28.6 Å². The van der Waals surface area contributed by atoms with Crippen LogP contribution in [0.15, 0.2) is 77.4 Å². The number of furan rings is 1. The zero-order chi connectivity index (χ0) is 23.5. The van der Waals surface area contributed by atoms with E-state index in [9.17, 15) is 9.90 Å². The van der Waals surface area contributed by atoms with E-state index in [-0.39, 0.29) is 11.5 Å².